The minimum Gasteiger partial charge on any atom is -0.497 e. The third kappa shape index (κ3) is 10.1. The molecule has 0 spiro atoms. The Labute approximate surface area is 254 Å². The molecule has 0 bridgehead atoms. The lowest BCUT2D eigenvalue weighted by Gasteiger charge is -2.32. The van der Waals surface area contributed by atoms with Crippen molar-refractivity contribution in [3.63, 3.8) is 0 Å². The molecule has 10 heteroatoms. The van der Waals surface area contributed by atoms with Crippen molar-refractivity contribution in [3.05, 3.63) is 95.0 Å². The van der Waals surface area contributed by atoms with E-state index in [2.05, 4.69) is 5.32 Å². The van der Waals surface area contributed by atoms with Gasteiger partial charge in [-0.2, -0.15) is 0 Å². The molecule has 3 aromatic rings. The SMILES string of the molecule is COc1cccc(N(CCCC(=O)N(Cc2ccc(Cl)cc2)C(Cc2ccccc2)C(=O)NCC(C)C)S(C)(=O)=O)c1. The first-order valence-electron chi connectivity index (χ1n) is 13.9. The minimum absolute atomic E-state index is 0.0479. The Bertz CT molecular complexity index is 1420. The zero-order chi connectivity index (χ0) is 30.7. The first-order chi connectivity index (χ1) is 20.0. The number of ether oxygens (including phenoxy) is 1. The molecule has 0 aliphatic carbocycles. The number of nitrogens with one attached hydrogen (secondary N) is 1. The van der Waals surface area contributed by atoms with Crippen LogP contribution in [-0.4, -0.2) is 57.6 Å². The van der Waals surface area contributed by atoms with Gasteiger partial charge in [-0.05, 0) is 47.7 Å². The van der Waals surface area contributed by atoms with Gasteiger partial charge < -0.3 is 15.0 Å². The number of carbonyl (C=O) groups excluding carboxylic acids is 2. The number of methoxy groups -OCH3 is 1. The van der Waals surface area contributed by atoms with Crippen molar-refractivity contribution in [1.82, 2.24) is 10.2 Å². The monoisotopic (exact) mass is 613 g/mol. The van der Waals surface area contributed by atoms with Crippen molar-refractivity contribution >= 4 is 39.1 Å². The molecule has 3 rings (SSSR count). The van der Waals surface area contributed by atoms with Gasteiger partial charge in [0, 0.05) is 43.6 Å². The second-order valence-electron chi connectivity index (χ2n) is 10.6. The second-order valence-corrected chi connectivity index (χ2v) is 13.0. The van der Waals surface area contributed by atoms with E-state index in [1.54, 1.807) is 41.3 Å². The first-order valence-corrected chi connectivity index (χ1v) is 16.2. The van der Waals surface area contributed by atoms with E-state index in [1.165, 1.54) is 11.4 Å². The van der Waals surface area contributed by atoms with E-state index in [1.807, 2.05) is 56.3 Å². The van der Waals surface area contributed by atoms with Crippen LogP contribution in [0.1, 0.15) is 37.8 Å². The summed E-state index contributed by atoms with van der Waals surface area (Å²) in [7, 11) is -2.11. The Balaban J connectivity index is 1.88. The number of hydrogen-bond acceptors (Lipinski definition) is 5. The Morgan fingerprint density at radius 3 is 2.26 bits per heavy atom. The van der Waals surface area contributed by atoms with E-state index in [4.69, 9.17) is 16.3 Å². The van der Waals surface area contributed by atoms with Crippen LogP contribution >= 0.6 is 11.6 Å². The van der Waals surface area contributed by atoms with Gasteiger partial charge in [0.25, 0.3) is 0 Å². The highest BCUT2D eigenvalue weighted by molar-refractivity contribution is 7.92. The van der Waals surface area contributed by atoms with Gasteiger partial charge in [0.15, 0.2) is 0 Å². The van der Waals surface area contributed by atoms with E-state index >= 15 is 0 Å². The second kappa shape index (κ2) is 15.6. The summed E-state index contributed by atoms with van der Waals surface area (Å²) < 4.78 is 31.9. The summed E-state index contributed by atoms with van der Waals surface area (Å²) in [5, 5.41) is 3.58. The highest BCUT2D eigenvalue weighted by Crippen LogP contribution is 2.24. The maximum atomic E-state index is 13.9. The summed E-state index contributed by atoms with van der Waals surface area (Å²) >= 11 is 6.10. The molecular formula is C32H40ClN3O5S. The molecule has 0 radical (unpaired) electrons. The molecule has 0 saturated carbocycles. The minimum atomic E-state index is -3.62. The van der Waals surface area contributed by atoms with Crippen LogP contribution in [0.2, 0.25) is 5.02 Å². The average Bonchev–Trinajstić information content (AvgIpc) is 2.96. The number of rotatable bonds is 15. The van der Waals surface area contributed by atoms with Crippen molar-refractivity contribution in [1.29, 1.82) is 0 Å². The number of nitrogens with zero attached hydrogens (tertiary/aromatic N) is 2. The lowest BCUT2D eigenvalue weighted by atomic mass is 10.0. The van der Waals surface area contributed by atoms with Gasteiger partial charge >= 0.3 is 0 Å². The van der Waals surface area contributed by atoms with Gasteiger partial charge in [-0.25, -0.2) is 8.42 Å². The fourth-order valence-corrected chi connectivity index (χ4v) is 5.62. The molecule has 1 atom stereocenters. The molecule has 0 saturated heterocycles. The number of hydrogen-bond donors (Lipinski definition) is 1. The van der Waals surface area contributed by atoms with Gasteiger partial charge in [-0.1, -0.05) is 74.0 Å². The summed E-state index contributed by atoms with van der Waals surface area (Å²) in [6, 6.07) is 22.8. The van der Waals surface area contributed by atoms with Crippen LogP contribution in [0.25, 0.3) is 0 Å². The van der Waals surface area contributed by atoms with Crippen molar-refractivity contribution in [2.45, 2.75) is 45.7 Å². The summed E-state index contributed by atoms with van der Waals surface area (Å²) in [5.74, 6) is 0.293. The molecule has 0 fully saturated rings. The number of amides is 2. The predicted octanol–water partition coefficient (Wildman–Crippen LogP) is 5.31. The summed E-state index contributed by atoms with van der Waals surface area (Å²) in [4.78, 5) is 29.1. The molecule has 1 N–H and O–H groups in total. The smallest absolute Gasteiger partial charge is 0.243 e. The normalized spacial score (nSPS) is 12.0. The summed E-state index contributed by atoms with van der Waals surface area (Å²) in [6.07, 6.45) is 1.78. The van der Waals surface area contributed by atoms with Gasteiger partial charge in [0.05, 0.1) is 19.1 Å². The van der Waals surface area contributed by atoms with E-state index in [9.17, 15) is 18.0 Å². The summed E-state index contributed by atoms with van der Waals surface area (Å²) in [6.45, 7) is 4.80. The Morgan fingerprint density at radius 1 is 0.952 bits per heavy atom. The van der Waals surface area contributed by atoms with Crippen molar-refractivity contribution < 1.29 is 22.7 Å². The number of carbonyl (C=O) groups is 2. The van der Waals surface area contributed by atoms with Crippen LogP contribution < -0.4 is 14.4 Å². The van der Waals surface area contributed by atoms with Crippen molar-refractivity contribution in [2.24, 2.45) is 5.92 Å². The third-order valence-corrected chi connectivity index (χ3v) is 8.16. The molecule has 0 aliphatic rings. The molecule has 0 aromatic heterocycles. The number of benzene rings is 3. The number of halogens is 1. The van der Waals surface area contributed by atoms with Gasteiger partial charge in [0.2, 0.25) is 21.8 Å². The highest BCUT2D eigenvalue weighted by Gasteiger charge is 2.30. The van der Waals surface area contributed by atoms with Gasteiger partial charge in [-0.3, -0.25) is 13.9 Å². The Kier molecular flexibility index (Phi) is 12.2. The number of anilines is 1. The zero-order valence-electron chi connectivity index (χ0n) is 24.6. The van der Waals surface area contributed by atoms with Crippen molar-refractivity contribution in [3.8, 4) is 5.75 Å². The molecule has 0 heterocycles. The van der Waals surface area contributed by atoms with Crippen molar-refractivity contribution in [2.75, 3.05) is 30.8 Å². The largest absolute Gasteiger partial charge is 0.497 e. The highest BCUT2D eigenvalue weighted by atomic mass is 35.5. The Hall–Kier alpha value is -3.56. The van der Waals surface area contributed by atoms with E-state index in [0.29, 0.717) is 29.4 Å². The Morgan fingerprint density at radius 2 is 1.64 bits per heavy atom. The van der Waals surface area contributed by atoms with Crippen LogP contribution in [0.4, 0.5) is 5.69 Å². The van der Waals surface area contributed by atoms with E-state index in [-0.39, 0.29) is 43.7 Å². The molecule has 42 heavy (non-hydrogen) atoms. The standard InChI is InChI=1S/C32H40ClN3O5S/c1-24(2)22-34-32(38)30(20-25-10-6-5-7-11-25)35(23-26-15-17-27(33)18-16-26)31(37)14-9-19-36(42(4,39)40)28-12-8-13-29(21-28)41-3/h5-8,10-13,15-18,21,24,30H,9,14,19-20,22-23H2,1-4H3,(H,34,38). The lowest BCUT2D eigenvalue weighted by molar-refractivity contribution is -0.141. The lowest BCUT2D eigenvalue weighted by Crippen LogP contribution is -2.51. The van der Waals surface area contributed by atoms with Crippen LogP contribution in [0.3, 0.4) is 0 Å². The maximum absolute atomic E-state index is 13.9. The molecule has 3 aromatic carbocycles. The molecule has 0 aliphatic heterocycles. The fraction of sp³-hybridized carbons (Fsp3) is 0.375. The third-order valence-electron chi connectivity index (χ3n) is 6.72. The van der Waals surface area contributed by atoms with Gasteiger partial charge in [0.1, 0.15) is 11.8 Å². The van der Waals surface area contributed by atoms with Crippen LogP contribution in [0, 0.1) is 5.92 Å². The molecular weight excluding hydrogens is 574 g/mol. The summed E-state index contributed by atoms with van der Waals surface area (Å²) in [5.41, 5.74) is 2.21. The molecule has 226 valence electrons. The van der Waals surface area contributed by atoms with Gasteiger partial charge in [-0.15, -0.1) is 0 Å². The number of sulfonamides is 1. The zero-order valence-corrected chi connectivity index (χ0v) is 26.2. The molecule has 1 unspecified atom stereocenters. The molecule has 8 nitrogen and oxygen atoms in total. The van der Waals surface area contributed by atoms with Crippen LogP contribution in [0.15, 0.2) is 78.9 Å². The quantitative estimate of drug-likeness (QED) is 0.251. The van der Waals surface area contributed by atoms with Crippen LogP contribution in [0.5, 0.6) is 5.75 Å². The van der Waals surface area contributed by atoms with E-state index < -0.39 is 16.1 Å². The maximum Gasteiger partial charge on any atom is 0.243 e. The topological polar surface area (TPSA) is 96.0 Å². The fourth-order valence-electron chi connectivity index (χ4n) is 4.53. The average molecular weight is 614 g/mol. The molecule has 2 amide bonds. The van der Waals surface area contributed by atoms with Crippen LogP contribution in [-0.2, 0) is 32.6 Å². The first kappa shape index (κ1) is 32.9. The predicted molar refractivity (Wildman–Crippen MR) is 168 cm³/mol. The van der Waals surface area contributed by atoms with E-state index in [0.717, 1.165) is 17.4 Å².